The first kappa shape index (κ1) is 46.0. The fourth-order valence-corrected chi connectivity index (χ4v) is 9.77. The number of benzene rings is 2. The van der Waals surface area contributed by atoms with E-state index >= 15 is 0 Å². The number of amides is 5. The number of thiazole rings is 1. The normalized spacial score (nSPS) is 21.4. The summed E-state index contributed by atoms with van der Waals surface area (Å²) in [5, 5.41) is 17.6. The minimum Gasteiger partial charge on any atom is -0.487 e. The molecule has 5 amide bonds. The Morgan fingerprint density at radius 3 is 2.57 bits per heavy atom. The van der Waals surface area contributed by atoms with Crippen LogP contribution in [0.25, 0.3) is 0 Å². The SMILES string of the molecule is O=C1CCC(N2Cc3c(NC(=O)CNCCOCCN4CCC(NC(=O)[C@]5(Cc6cccc(Nc7nccs7)n6)CC[C@@H](Oc6cccc(Cl)c6F)CC5)CC4)cccc3C2=O)C(=O)N1. The van der Waals surface area contributed by atoms with Gasteiger partial charge in [0, 0.05) is 85.7 Å². The van der Waals surface area contributed by atoms with Gasteiger partial charge in [-0.1, -0.05) is 29.8 Å². The van der Waals surface area contributed by atoms with E-state index in [2.05, 4.69) is 36.5 Å². The van der Waals surface area contributed by atoms with Gasteiger partial charge in [-0.2, -0.15) is 0 Å². The summed E-state index contributed by atoms with van der Waals surface area (Å²) in [6, 6.07) is 14.9. The number of aromatic nitrogens is 2. The van der Waals surface area contributed by atoms with Gasteiger partial charge in [0.1, 0.15) is 11.9 Å². The van der Waals surface area contributed by atoms with Crippen LogP contribution in [0.1, 0.15) is 73.0 Å². The molecule has 2 saturated heterocycles. The molecule has 1 atom stereocenters. The van der Waals surface area contributed by atoms with Crippen molar-refractivity contribution < 1.29 is 37.8 Å². The van der Waals surface area contributed by atoms with E-state index in [-0.39, 0.29) is 72.5 Å². The maximum atomic E-state index is 14.7. The average Bonchev–Trinajstić information content (AvgIpc) is 3.94. The first-order chi connectivity index (χ1) is 31.5. The van der Waals surface area contributed by atoms with Gasteiger partial charge in [0.05, 0.1) is 36.3 Å². The molecule has 2 aromatic carbocycles. The van der Waals surface area contributed by atoms with Crippen molar-refractivity contribution >= 4 is 69.1 Å². The van der Waals surface area contributed by atoms with E-state index in [1.807, 2.05) is 23.6 Å². The van der Waals surface area contributed by atoms with Crippen molar-refractivity contribution in [2.75, 3.05) is 56.6 Å². The van der Waals surface area contributed by atoms with Crippen LogP contribution >= 0.6 is 22.9 Å². The second kappa shape index (κ2) is 21.2. The molecule has 4 aliphatic rings. The monoisotopic (exact) mass is 929 g/mol. The summed E-state index contributed by atoms with van der Waals surface area (Å²) in [6.07, 6.45) is 6.21. The van der Waals surface area contributed by atoms with E-state index in [9.17, 15) is 28.4 Å². The Balaban J connectivity index is 0.756. The molecule has 65 heavy (non-hydrogen) atoms. The van der Waals surface area contributed by atoms with E-state index in [0.29, 0.717) is 74.5 Å². The van der Waals surface area contributed by atoms with Crippen molar-refractivity contribution in [3.63, 3.8) is 0 Å². The highest BCUT2D eigenvalue weighted by Crippen LogP contribution is 2.42. The van der Waals surface area contributed by atoms with Crippen molar-refractivity contribution in [1.29, 1.82) is 0 Å². The highest BCUT2D eigenvalue weighted by Gasteiger charge is 2.44. The third-order valence-electron chi connectivity index (χ3n) is 12.6. The quantitative estimate of drug-likeness (QED) is 0.0647. The minimum absolute atomic E-state index is 0.00661. The number of hydrogen-bond acceptors (Lipinski definition) is 13. The van der Waals surface area contributed by atoms with Gasteiger partial charge >= 0.3 is 0 Å². The van der Waals surface area contributed by atoms with Crippen LogP contribution in [-0.2, 0) is 36.9 Å². The third kappa shape index (κ3) is 11.5. The van der Waals surface area contributed by atoms with Gasteiger partial charge in [-0.3, -0.25) is 29.3 Å². The summed E-state index contributed by atoms with van der Waals surface area (Å²) in [7, 11) is 0. The molecule has 16 nitrogen and oxygen atoms in total. The molecular formula is C46H53ClFN9O7S. The molecule has 0 spiro atoms. The molecule has 5 heterocycles. The van der Waals surface area contributed by atoms with Gasteiger partial charge in [0.2, 0.25) is 23.6 Å². The van der Waals surface area contributed by atoms with Gasteiger partial charge in [0.15, 0.2) is 16.7 Å². The number of piperidine rings is 2. The summed E-state index contributed by atoms with van der Waals surface area (Å²) in [5.74, 6) is -1.20. The highest BCUT2D eigenvalue weighted by atomic mass is 35.5. The first-order valence-corrected chi connectivity index (χ1v) is 23.4. The van der Waals surface area contributed by atoms with E-state index in [1.54, 1.807) is 36.5 Å². The van der Waals surface area contributed by atoms with Crippen LogP contribution in [0.15, 0.2) is 66.2 Å². The fourth-order valence-electron chi connectivity index (χ4n) is 9.07. The van der Waals surface area contributed by atoms with Gasteiger partial charge in [0.25, 0.3) is 5.91 Å². The van der Waals surface area contributed by atoms with E-state index in [0.717, 1.165) is 43.3 Å². The second-order valence-electron chi connectivity index (χ2n) is 17.0. The zero-order chi connectivity index (χ0) is 45.3. The minimum atomic E-state index is -0.734. The van der Waals surface area contributed by atoms with Gasteiger partial charge in [-0.25, -0.2) is 14.4 Å². The number of imide groups is 1. The maximum absolute atomic E-state index is 14.7. The molecule has 344 valence electrons. The average molecular weight is 931 g/mol. The molecule has 19 heteroatoms. The van der Waals surface area contributed by atoms with Crippen LogP contribution in [0.2, 0.25) is 5.02 Å². The number of anilines is 3. The van der Waals surface area contributed by atoms with Crippen LogP contribution < -0.4 is 31.3 Å². The Labute approximate surface area is 385 Å². The van der Waals surface area contributed by atoms with Gasteiger partial charge in [-0.15, -0.1) is 11.3 Å². The number of nitrogens with zero attached hydrogens (tertiary/aromatic N) is 4. The zero-order valence-electron chi connectivity index (χ0n) is 35.9. The molecule has 8 rings (SSSR count). The van der Waals surface area contributed by atoms with E-state index in [4.69, 9.17) is 26.1 Å². The van der Waals surface area contributed by atoms with Crippen molar-refractivity contribution in [2.45, 2.75) is 82.5 Å². The van der Waals surface area contributed by atoms with E-state index < -0.39 is 23.2 Å². The molecule has 5 N–H and O–H groups in total. The fraction of sp³-hybridized carbons (Fsp3) is 0.457. The predicted octanol–water partition coefficient (Wildman–Crippen LogP) is 5.21. The van der Waals surface area contributed by atoms with Crippen LogP contribution in [0, 0.1) is 11.2 Å². The lowest BCUT2D eigenvalue weighted by Gasteiger charge is -2.41. The first-order valence-electron chi connectivity index (χ1n) is 22.1. The number of pyridine rings is 1. The molecule has 0 bridgehead atoms. The number of fused-ring (bicyclic) bond motifs is 1. The Morgan fingerprint density at radius 1 is 0.985 bits per heavy atom. The zero-order valence-corrected chi connectivity index (χ0v) is 37.5. The van der Waals surface area contributed by atoms with Crippen LogP contribution in [0.5, 0.6) is 5.75 Å². The Kier molecular flexibility index (Phi) is 15.0. The largest absolute Gasteiger partial charge is 0.487 e. The number of nitrogens with one attached hydrogen (secondary N) is 5. The lowest BCUT2D eigenvalue weighted by atomic mass is 9.69. The lowest BCUT2D eigenvalue weighted by molar-refractivity contribution is -0.137. The van der Waals surface area contributed by atoms with Crippen LogP contribution in [0.3, 0.4) is 0 Å². The van der Waals surface area contributed by atoms with Crippen LogP contribution in [-0.4, -0.2) is 113 Å². The lowest BCUT2D eigenvalue weighted by Crippen LogP contribution is -2.52. The number of hydrogen-bond donors (Lipinski definition) is 5. The van der Waals surface area contributed by atoms with Crippen LogP contribution in [0.4, 0.5) is 21.0 Å². The number of ether oxygens (including phenoxy) is 2. The number of likely N-dealkylation sites (tertiary alicyclic amines) is 1. The van der Waals surface area contributed by atoms with Crippen molar-refractivity contribution in [3.8, 4) is 5.75 Å². The number of carbonyl (C=O) groups excluding carboxylic acids is 5. The molecule has 0 radical (unpaired) electrons. The van der Waals surface area contributed by atoms with Gasteiger partial charge < -0.3 is 40.5 Å². The summed E-state index contributed by atoms with van der Waals surface area (Å²) in [6.45, 7) is 3.98. The molecule has 1 saturated carbocycles. The summed E-state index contributed by atoms with van der Waals surface area (Å²) in [5.41, 5.74) is 1.66. The molecule has 3 aliphatic heterocycles. The standard InChI is InChI=1S/C46H53ClFN9O7S/c47-34-6-3-8-37(41(34)48)64-31-12-16-46(17-13-31,26-30-4-1-9-38(51-30)54-45-50-19-25-65-45)44(62)52-29-14-20-56(21-15-29)22-24-63-23-18-49-27-40(59)53-35-7-2-5-32-33(35)28-57(43(32)61)36-10-11-39(58)55-42(36)60/h1-9,19,25,29,31,36,49H,10-18,20-24,26-28H2,(H,52,62)(H,53,59)(H,50,51,54)(H,55,58,60)/t31-,36?,46-. The Hall–Kier alpha value is -5.53. The maximum Gasteiger partial charge on any atom is 0.255 e. The number of halogens is 2. The Bertz CT molecular complexity index is 2360. The smallest absolute Gasteiger partial charge is 0.255 e. The van der Waals surface area contributed by atoms with Crippen molar-refractivity contribution in [1.82, 2.24) is 35.7 Å². The number of carbonyl (C=O) groups is 5. The predicted molar refractivity (Wildman–Crippen MR) is 242 cm³/mol. The number of rotatable bonds is 18. The third-order valence-corrected chi connectivity index (χ3v) is 13.6. The summed E-state index contributed by atoms with van der Waals surface area (Å²) in [4.78, 5) is 77.3. The Morgan fingerprint density at radius 2 is 1.78 bits per heavy atom. The van der Waals surface area contributed by atoms with Crippen molar-refractivity contribution in [3.05, 3.63) is 93.8 Å². The molecule has 2 aromatic heterocycles. The molecular weight excluding hydrogens is 877 g/mol. The van der Waals surface area contributed by atoms with E-state index in [1.165, 1.54) is 22.3 Å². The summed E-state index contributed by atoms with van der Waals surface area (Å²) >= 11 is 7.49. The molecule has 3 fully saturated rings. The molecule has 1 unspecified atom stereocenters. The summed E-state index contributed by atoms with van der Waals surface area (Å²) < 4.78 is 26.7. The molecule has 4 aromatic rings. The molecule has 1 aliphatic carbocycles. The highest BCUT2D eigenvalue weighted by molar-refractivity contribution is 7.13. The second-order valence-corrected chi connectivity index (χ2v) is 18.3. The van der Waals surface area contributed by atoms with Gasteiger partial charge in [-0.05, 0) is 81.3 Å². The topological polar surface area (TPSA) is 196 Å². The van der Waals surface area contributed by atoms with Crippen molar-refractivity contribution in [2.24, 2.45) is 5.41 Å².